The minimum absolute atomic E-state index is 0.151. The third-order valence-electron chi connectivity index (χ3n) is 5.60. The van der Waals surface area contributed by atoms with E-state index in [1.54, 1.807) is 11.7 Å². The van der Waals surface area contributed by atoms with Crippen molar-refractivity contribution in [1.82, 2.24) is 20.1 Å². The van der Waals surface area contributed by atoms with Gasteiger partial charge in [-0.15, -0.1) is 0 Å². The Hall–Kier alpha value is -2.73. The Morgan fingerprint density at radius 1 is 1.25 bits per heavy atom. The second-order valence-electron chi connectivity index (χ2n) is 8.03. The molecule has 6 nitrogen and oxygen atoms in total. The largest absolute Gasteiger partial charge is 0.393 e. The summed E-state index contributed by atoms with van der Waals surface area (Å²) in [5.74, 6) is 0.302. The van der Waals surface area contributed by atoms with Crippen LogP contribution in [0.4, 0.5) is 0 Å². The van der Waals surface area contributed by atoms with Crippen LogP contribution in [0, 0.1) is 5.92 Å². The SMILES string of the molecule is CC(C)c1cc(C(=O)NC(c2cnc3ccccc3c2)C2CC(O)C2)n(C)n1. The molecule has 1 aliphatic rings. The molecule has 0 saturated heterocycles. The number of carbonyl (C=O) groups is 1. The van der Waals surface area contributed by atoms with Crippen LogP contribution in [0.2, 0.25) is 0 Å². The highest BCUT2D eigenvalue weighted by Crippen LogP contribution is 2.38. The number of para-hydroxylation sites is 1. The topological polar surface area (TPSA) is 80.0 Å². The van der Waals surface area contributed by atoms with Crippen molar-refractivity contribution in [3.8, 4) is 0 Å². The zero-order valence-electron chi connectivity index (χ0n) is 16.5. The number of aliphatic hydroxyl groups excluding tert-OH is 1. The molecule has 2 aromatic heterocycles. The number of carbonyl (C=O) groups excluding carboxylic acids is 1. The van der Waals surface area contributed by atoms with Crippen molar-refractivity contribution in [1.29, 1.82) is 0 Å². The number of hydrogen-bond donors (Lipinski definition) is 2. The molecule has 0 aliphatic heterocycles. The Kier molecular flexibility index (Phi) is 4.89. The standard InChI is InChI=1S/C22H26N4O2/c1-13(2)19-11-20(26(3)25-19)22(28)24-21(15-9-17(27)10-15)16-8-14-6-4-5-7-18(14)23-12-16/h4-8,11-13,15,17,21,27H,9-10H2,1-3H3,(H,24,28). The monoisotopic (exact) mass is 378 g/mol. The number of amides is 1. The molecule has 2 N–H and O–H groups in total. The molecule has 3 aromatic rings. The Labute approximate surface area is 164 Å². The van der Waals surface area contributed by atoms with E-state index in [2.05, 4.69) is 35.3 Å². The van der Waals surface area contributed by atoms with E-state index < -0.39 is 0 Å². The molecule has 1 aromatic carbocycles. The Balaban J connectivity index is 1.63. The molecule has 146 valence electrons. The van der Waals surface area contributed by atoms with Gasteiger partial charge in [0.25, 0.3) is 5.91 Å². The van der Waals surface area contributed by atoms with Crippen molar-refractivity contribution in [2.75, 3.05) is 0 Å². The number of pyridine rings is 1. The van der Waals surface area contributed by atoms with Crippen LogP contribution in [0.3, 0.4) is 0 Å². The lowest BCUT2D eigenvalue weighted by Crippen LogP contribution is -2.41. The van der Waals surface area contributed by atoms with Crippen molar-refractivity contribution < 1.29 is 9.90 Å². The summed E-state index contributed by atoms with van der Waals surface area (Å²) < 4.78 is 1.63. The third kappa shape index (κ3) is 3.52. The fourth-order valence-electron chi connectivity index (χ4n) is 3.83. The number of aliphatic hydroxyl groups is 1. The molecule has 4 rings (SSSR count). The van der Waals surface area contributed by atoms with E-state index in [9.17, 15) is 9.90 Å². The zero-order valence-corrected chi connectivity index (χ0v) is 16.5. The molecule has 0 bridgehead atoms. The molecule has 1 aliphatic carbocycles. The average Bonchev–Trinajstić information content (AvgIpc) is 3.05. The van der Waals surface area contributed by atoms with Gasteiger partial charge in [0.15, 0.2) is 0 Å². The average molecular weight is 378 g/mol. The first-order valence-electron chi connectivity index (χ1n) is 9.80. The molecular weight excluding hydrogens is 352 g/mol. The normalized spacial score (nSPS) is 20.2. The summed E-state index contributed by atoms with van der Waals surface area (Å²) in [5, 5.41) is 18.5. The number of nitrogens with one attached hydrogen (secondary N) is 1. The Bertz CT molecular complexity index is 1000. The number of fused-ring (bicyclic) bond motifs is 1. The molecule has 1 saturated carbocycles. The van der Waals surface area contributed by atoms with E-state index in [1.807, 2.05) is 36.5 Å². The maximum absolute atomic E-state index is 13.0. The van der Waals surface area contributed by atoms with Crippen molar-refractivity contribution in [3.05, 3.63) is 59.5 Å². The summed E-state index contributed by atoms with van der Waals surface area (Å²) in [6.07, 6.45) is 2.91. The molecule has 6 heteroatoms. The number of aromatic nitrogens is 3. The first-order valence-corrected chi connectivity index (χ1v) is 9.80. The second kappa shape index (κ2) is 7.36. The van der Waals surface area contributed by atoms with E-state index in [1.165, 1.54) is 0 Å². The maximum Gasteiger partial charge on any atom is 0.270 e. The van der Waals surface area contributed by atoms with Crippen molar-refractivity contribution in [2.24, 2.45) is 13.0 Å². The van der Waals surface area contributed by atoms with Gasteiger partial charge in [-0.1, -0.05) is 32.0 Å². The lowest BCUT2D eigenvalue weighted by atomic mass is 9.75. The first-order chi connectivity index (χ1) is 13.4. The van der Waals surface area contributed by atoms with Gasteiger partial charge in [0.2, 0.25) is 0 Å². The summed E-state index contributed by atoms with van der Waals surface area (Å²) in [6.45, 7) is 4.12. The molecule has 1 amide bonds. The fraction of sp³-hybridized carbons (Fsp3) is 0.409. The molecule has 28 heavy (non-hydrogen) atoms. The zero-order chi connectivity index (χ0) is 19.8. The molecule has 0 spiro atoms. The van der Waals surface area contributed by atoms with Gasteiger partial charge in [-0.3, -0.25) is 14.5 Å². The summed E-state index contributed by atoms with van der Waals surface area (Å²) in [7, 11) is 1.79. The molecule has 1 atom stereocenters. The maximum atomic E-state index is 13.0. The predicted molar refractivity (Wildman–Crippen MR) is 108 cm³/mol. The highest BCUT2D eigenvalue weighted by Gasteiger charge is 2.36. The van der Waals surface area contributed by atoms with Crippen LogP contribution in [0.5, 0.6) is 0 Å². The second-order valence-corrected chi connectivity index (χ2v) is 8.03. The number of hydrogen-bond acceptors (Lipinski definition) is 4. The van der Waals surface area contributed by atoms with E-state index in [0.29, 0.717) is 18.5 Å². The van der Waals surface area contributed by atoms with E-state index in [-0.39, 0.29) is 29.9 Å². The molecule has 1 fully saturated rings. The highest BCUT2D eigenvalue weighted by molar-refractivity contribution is 5.93. The Morgan fingerprint density at radius 2 is 2.00 bits per heavy atom. The minimum atomic E-state index is -0.290. The van der Waals surface area contributed by atoms with E-state index in [4.69, 9.17) is 0 Å². The van der Waals surface area contributed by atoms with Crippen molar-refractivity contribution in [2.45, 2.75) is 44.8 Å². The van der Waals surface area contributed by atoms with Gasteiger partial charge in [-0.2, -0.15) is 5.10 Å². The number of aryl methyl sites for hydroxylation is 1. The number of benzene rings is 1. The molecule has 1 unspecified atom stereocenters. The summed E-state index contributed by atoms with van der Waals surface area (Å²) >= 11 is 0. The van der Waals surface area contributed by atoms with Gasteiger partial charge in [0, 0.05) is 18.6 Å². The smallest absolute Gasteiger partial charge is 0.270 e. The van der Waals surface area contributed by atoms with Crippen LogP contribution in [0.15, 0.2) is 42.6 Å². The number of rotatable bonds is 5. The van der Waals surface area contributed by atoms with Crippen LogP contribution in [0.25, 0.3) is 10.9 Å². The third-order valence-corrected chi connectivity index (χ3v) is 5.60. The van der Waals surface area contributed by atoms with E-state index >= 15 is 0 Å². The minimum Gasteiger partial charge on any atom is -0.393 e. The fourth-order valence-corrected chi connectivity index (χ4v) is 3.83. The van der Waals surface area contributed by atoms with Crippen molar-refractivity contribution in [3.63, 3.8) is 0 Å². The van der Waals surface area contributed by atoms with Gasteiger partial charge >= 0.3 is 0 Å². The summed E-state index contributed by atoms with van der Waals surface area (Å²) in [5.41, 5.74) is 3.34. The van der Waals surface area contributed by atoms with Gasteiger partial charge in [-0.05, 0) is 48.4 Å². The van der Waals surface area contributed by atoms with E-state index in [0.717, 1.165) is 22.2 Å². The van der Waals surface area contributed by atoms with Gasteiger partial charge < -0.3 is 10.4 Å². The first kappa shape index (κ1) is 18.6. The van der Waals surface area contributed by atoms with Crippen LogP contribution in [-0.2, 0) is 7.05 Å². The Morgan fingerprint density at radius 3 is 2.68 bits per heavy atom. The van der Waals surface area contributed by atoms with Crippen LogP contribution < -0.4 is 5.32 Å². The van der Waals surface area contributed by atoms with Crippen LogP contribution in [-0.4, -0.2) is 31.9 Å². The molecule has 0 radical (unpaired) electrons. The van der Waals surface area contributed by atoms with Crippen LogP contribution in [0.1, 0.15) is 60.4 Å². The lowest BCUT2D eigenvalue weighted by Gasteiger charge is -2.38. The lowest BCUT2D eigenvalue weighted by molar-refractivity contribution is 0.0234. The molecular formula is C22H26N4O2. The van der Waals surface area contributed by atoms with Gasteiger partial charge in [0.1, 0.15) is 5.69 Å². The predicted octanol–water partition coefficient (Wildman–Crippen LogP) is 3.33. The summed E-state index contributed by atoms with van der Waals surface area (Å²) in [6, 6.07) is 11.7. The quantitative estimate of drug-likeness (QED) is 0.714. The molecule has 2 heterocycles. The number of nitrogens with zero attached hydrogens (tertiary/aromatic N) is 3. The summed E-state index contributed by atoms with van der Waals surface area (Å²) in [4.78, 5) is 17.6. The van der Waals surface area contributed by atoms with Gasteiger partial charge in [0.05, 0.1) is 23.4 Å². The van der Waals surface area contributed by atoms with Crippen LogP contribution >= 0.6 is 0 Å². The highest BCUT2D eigenvalue weighted by atomic mass is 16.3. The van der Waals surface area contributed by atoms with Gasteiger partial charge in [-0.25, -0.2) is 0 Å². The van der Waals surface area contributed by atoms with Crippen molar-refractivity contribution >= 4 is 16.8 Å².